The number of nitrogens with zero attached hydrogens (tertiary/aromatic N) is 1. The van der Waals surface area contributed by atoms with E-state index in [9.17, 15) is 0 Å². The molecule has 54 valence electrons. The number of halogens is 3. The molecule has 1 aromatic rings. The fraction of sp³-hybridized carbons (Fsp3) is 0.167. The molecule has 0 saturated heterocycles. The monoisotopic (exact) mass is 283 g/mol. The molecular formula is C6H4Br2ClN. The van der Waals surface area contributed by atoms with Crippen LogP contribution in [0, 0.1) is 0 Å². The highest BCUT2D eigenvalue weighted by atomic mass is 79.9. The van der Waals surface area contributed by atoms with Crippen molar-refractivity contribution in [2.24, 2.45) is 0 Å². The van der Waals surface area contributed by atoms with Crippen LogP contribution in [0.3, 0.4) is 0 Å². The Labute approximate surface area is 81.1 Å². The highest BCUT2D eigenvalue weighted by molar-refractivity contribution is 9.11. The first kappa shape index (κ1) is 8.50. The predicted octanol–water partition coefficient (Wildman–Crippen LogP) is 3.35. The lowest BCUT2D eigenvalue weighted by atomic mass is 10.4. The zero-order chi connectivity index (χ0) is 7.56. The van der Waals surface area contributed by atoms with E-state index in [0.29, 0.717) is 5.88 Å². The summed E-state index contributed by atoms with van der Waals surface area (Å²) < 4.78 is 1.76. The van der Waals surface area contributed by atoms with E-state index in [-0.39, 0.29) is 0 Å². The maximum atomic E-state index is 5.59. The van der Waals surface area contributed by atoms with Crippen LogP contribution in [0.2, 0.25) is 0 Å². The molecular weight excluding hydrogens is 281 g/mol. The molecule has 0 N–H and O–H groups in total. The number of hydrogen-bond donors (Lipinski definition) is 0. The van der Waals surface area contributed by atoms with Crippen LogP contribution in [-0.4, -0.2) is 4.98 Å². The Hall–Kier alpha value is 0.400. The molecule has 1 aromatic heterocycles. The summed E-state index contributed by atoms with van der Waals surface area (Å²) in [5.74, 6) is 0.431. The first-order chi connectivity index (χ1) is 4.74. The van der Waals surface area contributed by atoms with Gasteiger partial charge in [0.05, 0.1) is 11.6 Å². The normalized spacial score (nSPS) is 9.90. The van der Waals surface area contributed by atoms with Gasteiger partial charge in [-0.1, -0.05) is 0 Å². The summed E-state index contributed by atoms with van der Waals surface area (Å²) in [5.41, 5.74) is 0.857. The Balaban J connectivity index is 3.09. The Morgan fingerprint density at radius 1 is 1.40 bits per heavy atom. The molecule has 10 heavy (non-hydrogen) atoms. The van der Waals surface area contributed by atoms with Crippen molar-refractivity contribution in [1.29, 1.82) is 0 Å². The molecule has 1 rings (SSSR count). The lowest BCUT2D eigenvalue weighted by Crippen LogP contribution is -1.86. The first-order valence-corrected chi connectivity index (χ1v) is 4.73. The van der Waals surface area contributed by atoms with Gasteiger partial charge in [-0.15, -0.1) is 11.6 Å². The standard InChI is InChI=1S/C6H4Br2ClN/c7-4-1-2-6(8)10-5(4)3-9/h1-2H,3H2. The summed E-state index contributed by atoms with van der Waals surface area (Å²) in [6.07, 6.45) is 0. The Kier molecular flexibility index (Phi) is 3.14. The average Bonchev–Trinajstić information content (AvgIpc) is 1.94. The van der Waals surface area contributed by atoms with Gasteiger partial charge in [-0.25, -0.2) is 4.98 Å². The summed E-state index contributed by atoms with van der Waals surface area (Å²) in [5, 5.41) is 0. The van der Waals surface area contributed by atoms with E-state index in [4.69, 9.17) is 11.6 Å². The maximum Gasteiger partial charge on any atom is 0.106 e. The third kappa shape index (κ3) is 1.94. The van der Waals surface area contributed by atoms with Gasteiger partial charge in [0.2, 0.25) is 0 Å². The topological polar surface area (TPSA) is 12.9 Å². The van der Waals surface area contributed by atoms with Gasteiger partial charge < -0.3 is 0 Å². The molecule has 0 aromatic carbocycles. The molecule has 0 saturated carbocycles. The lowest BCUT2D eigenvalue weighted by Gasteiger charge is -1.97. The number of aromatic nitrogens is 1. The first-order valence-electron chi connectivity index (χ1n) is 2.61. The Morgan fingerprint density at radius 2 is 2.10 bits per heavy atom. The SMILES string of the molecule is ClCc1nc(Br)ccc1Br. The average molecular weight is 285 g/mol. The number of alkyl halides is 1. The second-order valence-electron chi connectivity index (χ2n) is 1.70. The largest absolute Gasteiger partial charge is 0.243 e. The maximum absolute atomic E-state index is 5.59. The molecule has 0 amide bonds. The lowest BCUT2D eigenvalue weighted by molar-refractivity contribution is 1.12. The summed E-state index contributed by atoms with van der Waals surface area (Å²) in [4.78, 5) is 4.13. The zero-order valence-corrected chi connectivity index (χ0v) is 8.87. The fourth-order valence-corrected chi connectivity index (χ4v) is 1.62. The Morgan fingerprint density at radius 3 is 2.60 bits per heavy atom. The van der Waals surface area contributed by atoms with Crippen LogP contribution in [0.4, 0.5) is 0 Å². The minimum atomic E-state index is 0.431. The van der Waals surface area contributed by atoms with Crippen molar-refractivity contribution in [3.63, 3.8) is 0 Å². The summed E-state index contributed by atoms with van der Waals surface area (Å²) in [7, 11) is 0. The van der Waals surface area contributed by atoms with Crippen LogP contribution in [0.5, 0.6) is 0 Å². The van der Waals surface area contributed by atoms with E-state index >= 15 is 0 Å². The quantitative estimate of drug-likeness (QED) is 0.569. The number of hydrogen-bond acceptors (Lipinski definition) is 1. The van der Waals surface area contributed by atoms with Crippen LogP contribution in [0.15, 0.2) is 21.2 Å². The van der Waals surface area contributed by atoms with Crippen molar-refractivity contribution in [2.75, 3.05) is 0 Å². The second kappa shape index (κ2) is 3.69. The molecule has 0 unspecified atom stereocenters. The Bertz CT molecular complexity index is 239. The molecule has 0 aliphatic rings. The van der Waals surface area contributed by atoms with Crippen LogP contribution in [0.1, 0.15) is 5.69 Å². The summed E-state index contributed by atoms with van der Waals surface area (Å²) >= 11 is 12.2. The molecule has 0 aliphatic carbocycles. The van der Waals surface area contributed by atoms with Gasteiger partial charge in [0.25, 0.3) is 0 Å². The molecule has 0 radical (unpaired) electrons. The molecule has 0 fully saturated rings. The number of rotatable bonds is 1. The van der Waals surface area contributed by atoms with E-state index in [0.717, 1.165) is 14.8 Å². The van der Waals surface area contributed by atoms with Crippen molar-refractivity contribution in [3.8, 4) is 0 Å². The van der Waals surface area contributed by atoms with E-state index in [2.05, 4.69) is 36.8 Å². The van der Waals surface area contributed by atoms with Gasteiger partial charge in [0, 0.05) is 4.47 Å². The molecule has 0 bridgehead atoms. The van der Waals surface area contributed by atoms with Crippen molar-refractivity contribution < 1.29 is 0 Å². The van der Waals surface area contributed by atoms with Gasteiger partial charge in [0.1, 0.15) is 4.60 Å². The molecule has 0 spiro atoms. The second-order valence-corrected chi connectivity index (χ2v) is 3.63. The highest BCUT2D eigenvalue weighted by Crippen LogP contribution is 2.18. The van der Waals surface area contributed by atoms with Gasteiger partial charge in [-0.3, -0.25) is 0 Å². The van der Waals surface area contributed by atoms with Crippen LogP contribution in [-0.2, 0) is 5.88 Å². The predicted molar refractivity (Wildman–Crippen MR) is 49.2 cm³/mol. The molecule has 0 aliphatic heterocycles. The minimum absolute atomic E-state index is 0.431. The van der Waals surface area contributed by atoms with Gasteiger partial charge >= 0.3 is 0 Å². The zero-order valence-electron chi connectivity index (χ0n) is 4.94. The summed E-state index contributed by atoms with van der Waals surface area (Å²) in [6.45, 7) is 0. The number of pyridine rings is 1. The summed E-state index contributed by atoms with van der Waals surface area (Å²) in [6, 6.07) is 3.77. The van der Waals surface area contributed by atoms with E-state index in [1.165, 1.54) is 0 Å². The van der Waals surface area contributed by atoms with Crippen LogP contribution < -0.4 is 0 Å². The fourth-order valence-electron chi connectivity index (χ4n) is 0.551. The van der Waals surface area contributed by atoms with Gasteiger partial charge in [0.15, 0.2) is 0 Å². The van der Waals surface area contributed by atoms with Crippen molar-refractivity contribution in [1.82, 2.24) is 4.98 Å². The van der Waals surface area contributed by atoms with Crippen molar-refractivity contribution in [2.45, 2.75) is 5.88 Å². The van der Waals surface area contributed by atoms with Gasteiger partial charge in [-0.05, 0) is 44.0 Å². The van der Waals surface area contributed by atoms with Crippen LogP contribution >= 0.6 is 43.5 Å². The van der Waals surface area contributed by atoms with Crippen LogP contribution in [0.25, 0.3) is 0 Å². The molecule has 1 heterocycles. The smallest absolute Gasteiger partial charge is 0.106 e. The molecule has 4 heteroatoms. The third-order valence-electron chi connectivity index (χ3n) is 1.01. The van der Waals surface area contributed by atoms with E-state index < -0.39 is 0 Å². The van der Waals surface area contributed by atoms with E-state index in [1.807, 2.05) is 12.1 Å². The van der Waals surface area contributed by atoms with Crippen molar-refractivity contribution >= 4 is 43.5 Å². The van der Waals surface area contributed by atoms with Gasteiger partial charge in [-0.2, -0.15) is 0 Å². The molecule has 1 nitrogen and oxygen atoms in total. The van der Waals surface area contributed by atoms with E-state index in [1.54, 1.807) is 0 Å². The molecule has 0 atom stereocenters. The highest BCUT2D eigenvalue weighted by Gasteiger charge is 1.98. The minimum Gasteiger partial charge on any atom is -0.243 e. The third-order valence-corrected chi connectivity index (χ3v) is 2.43. The van der Waals surface area contributed by atoms with Crippen molar-refractivity contribution in [3.05, 3.63) is 26.9 Å².